The van der Waals surface area contributed by atoms with E-state index in [0.29, 0.717) is 0 Å². The Morgan fingerprint density at radius 1 is 0.656 bits per heavy atom. The number of rotatable bonds is 6. The third kappa shape index (κ3) is 3.24. The van der Waals surface area contributed by atoms with Gasteiger partial charge in [-0.25, -0.2) is 0 Å². The van der Waals surface area contributed by atoms with Gasteiger partial charge in [-0.15, -0.1) is 0 Å². The van der Waals surface area contributed by atoms with Gasteiger partial charge in [-0.3, -0.25) is 0 Å². The summed E-state index contributed by atoms with van der Waals surface area (Å²) >= 11 is 0. The van der Waals surface area contributed by atoms with Crippen LogP contribution in [0, 0.1) is 13.8 Å². The Morgan fingerprint density at radius 3 is 1.78 bits per heavy atom. The second-order valence-corrected chi connectivity index (χ2v) is 8.94. The van der Waals surface area contributed by atoms with Crippen molar-refractivity contribution in [2.24, 2.45) is 0 Å². The number of hydrogen-bond acceptors (Lipinski definition) is 1. The molecule has 160 valence electrons. The van der Waals surface area contributed by atoms with Crippen molar-refractivity contribution >= 4 is 0 Å². The lowest BCUT2D eigenvalue weighted by Crippen LogP contribution is -2.28. The van der Waals surface area contributed by atoms with Gasteiger partial charge in [0.25, 0.3) is 0 Å². The minimum Gasteiger partial charge on any atom is -0.494 e. The van der Waals surface area contributed by atoms with E-state index < -0.39 is 0 Å². The number of fused-ring (bicyclic) bond motifs is 3. The minimum absolute atomic E-state index is 0.341. The van der Waals surface area contributed by atoms with Crippen LogP contribution in [-0.4, -0.2) is 6.61 Å². The summed E-state index contributed by atoms with van der Waals surface area (Å²) in [5.41, 5.74) is 10.2. The van der Waals surface area contributed by atoms with Crippen molar-refractivity contribution < 1.29 is 4.74 Å². The average molecular weight is 419 g/mol. The minimum atomic E-state index is -0.341. The Balaban J connectivity index is 1.78. The Hall–Kier alpha value is -3.32. The number of hydrogen-bond donors (Lipinski definition) is 0. The van der Waals surface area contributed by atoms with Crippen LogP contribution in [0.3, 0.4) is 0 Å². The van der Waals surface area contributed by atoms with Crippen LogP contribution in [-0.2, 0) is 5.41 Å². The first-order valence-corrected chi connectivity index (χ1v) is 11.7. The number of benzene rings is 4. The van der Waals surface area contributed by atoms with Crippen LogP contribution in [0.15, 0.2) is 91.0 Å². The fourth-order valence-electron chi connectivity index (χ4n) is 5.16. The zero-order valence-corrected chi connectivity index (χ0v) is 19.2. The Morgan fingerprint density at radius 2 is 1.22 bits per heavy atom. The zero-order chi connectivity index (χ0) is 22.1. The maximum Gasteiger partial charge on any atom is 0.119 e. The SMILES string of the molecule is CCCCOc1ccc(C2(c3ccccc3)c3cc(C)ccc3-c3ccc(C)cc32)cc1. The highest BCUT2D eigenvalue weighted by Crippen LogP contribution is 2.56. The smallest absolute Gasteiger partial charge is 0.119 e. The topological polar surface area (TPSA) is 9.23 Å². The fraction of sp³-hybridized carbons (Fsp3) is 0.226. The van der Waals surface area contributed by atoms with Crippen molar-refractivity contribution in [1.82, 2.24) is 0 Å². The first-order chi connectivity index (χ1) is 15.6. The largest absolute Gasteiger partial charge is 0.494 e. The van der Waals surface area contributed by atoms with E-state index in [-0.39, 0.29) is 5.41 Å². The summed E-state index contributed by atoms with van der Waals surface area (Å²) in [6, 6.07) is 33.6. The molecule has 1 aliphatic rings. The standard InChI is InChI=1S/C31H30O/c1-4-5-19-32-26-15-13-25(14-16-26)31(24-9-7-6-8-10-24)29-20-22(2)11-17-27(29)28-18-12-23(3)21-30(28)31/h6-18,20-21H,4-5,19H2,1-3H3. The summed E-state index contributed by atoms with van der Waals surface area (Å²) in [5, 5.41) is 0. The van der Waals surface area contributed by atoms with Gasteiger partial charge < -0.3 is 4.74 Å². The van der Waals surface area contributed by atoms with Gasteiger partial charge >= 0.3 is 0 Å². The number of ether oxygens (including phenoxy) is 1. The summed E-state index contributed by atoms with van der Waals surface area (Å²) in [6.07, 6.45) is 2.22. The summed E-state index contributed by atoms with van der Waals surface area (Å²) in [7, 11) is 0. The molecule has 1 aliphatic carbocycles. The molecule has 0 fully saturated rings. The van der Waals surface area contributed by atoms with Crippen molar-refractivity contribution in [2.75, 3.05) is 6.61 Å². The zero-order valence-electron chi connectivity index (χ0n) is 19.2. The molecule has 0 saturated heterocycles. The maximum atomic E-state index is 5.98. The maximum absolute atomic E-state index is 5.98. The normalized spacial score (nSPS) is 13.5. The van der Waals surface area contributed by atoms with E-state index in [1.54, 1.807) is 0 Å². The van der Waals surface area contributed by atoms with Gasteiger partial charge in [-0.1, -0.05) is 103 Å². The average Bonchev–Trinajstić information content (AvgIpc) is 3.09. The first kappa shape index (κ1) is 20.6. The van der Waals surface area contributed by atoms with E-state index in [4.69, 9.17) is 4.74 Å². The van der Waals surface area contributed by atoms with E-state index in [1.807, 2.05) is 0 Å². The second kappa shape index (κ2) is 8.31. The molecule has 0 radical (unpaired) electrons. The molecule has 1 heteroatoms. The predicted octanol–water partition coefficient (Wildman–Crippen LogP) is 7.85. The molecule has 0 unspecified atom stereocenters. The molecule has 0 spiro atoms. The van der Waals surface area contributed by atoms with Gasteiger partial charge in [-0.2, -0.15) is 0 Å². The van der Waals surface area contributed by atoms with Crippen molar-refractivity contribution in [2.45, 2.75) is 39.0 Å². The molecule has 0 saturated carbocycles. The molecule has 0 amide bonds. The van der Waals surface area contributed by atoms with Crippen LogP contribution in [0.2, 0.25) is 0 Å². The van der Waals surface area contributed by atoms with Gasteiger partial charge in [0.05, 0.1) is 12.0 Å². The van der Waals surface area contributed by atoms with E-state index in [2.05, 4.69) is 112 Å². The molecular formula is C31H30O. The van der Waals surface area contributed by atoms with E-state index in [1.165, 1.54) is 44.5 Å². The summed E-state index contributed by atoms with van der Waals surface area (Å²) in [6.45, 7) is 7.34. The number of aryl methyl sites for hydroxylation is 2. The van der Waals surface area contributed by atoms with Crippen molar-refractivity contribution in [3.63, 3.8) is 0 Å². The second-order valence-electron chi connectivity index (χ2n) is 8.94. The van der Waals surface area contributed by atoms with Crippen LogP contribution < -0.4 is 4.74 Å². The van der Waals surface area contributed by atoms with Crippen molar-refractivity contribution in [3.05, 3.63) is 124 Å². The molecule has 4 aromatic carbocycles. The third-order valence-electron chi connectivity index (χ3n) is 6.71. The molecular weight excluding hydrogens is 388 g/mol. The first-order valence-electron chi connectivity index (χ1n) is 11.7. The quantitative estimate of drug-likeness (QED) is 0.255. The van der Waals surface area contributed by atoms with Gasteiger partial charge in [0.2, 0.25) is 0 Å². The Bertz CT molecular complexity index is 1180. The molecule has 0 bridgehead atoms. The fourth-order valence-corrected chi connectivity index (χ4v) is 5.16. The van der Waals surface area contributed by atoms with Gasteiger partial charge in [0, 0.05) is 0 Å². The van der Waals surface area contributed by atoms with Crippen molar-refractivity contribution in [1.29, 1.82) is 0 Å². The molecule has 4 aromatic rings. The Kier molecular flexibility index (Phi) is 5.35. The van der Waals surface area contributed by atoms with E-state index in [0.717, 1.165) is 25.2 Å². The highest BCUT2D eigenvalue weighted by molar-refractivity contribution is 5.86. The molecule has 0 atom stereocenters. The lowest BCUT2D eigenvalue weighted by Gasteiger charge is -2.34. The summed E-state index contributed by atoms with van der Waals surface area (Å²) in [4.78, 5) is 0. The van der Waals surface area contributed by atoms with E-state index in [9.17, 15) is 0 Å². The van der Waals surface area contributed by atoms with Crippen molar-refractivity contribution in [3.8, 4) is 16.9 Å². The predicted molar refractivity (Wildman–Crippen MR) is 134 cm³/mol. The molecule has 0 aliphatic heterocycles. The molecule has 1 nitrogen and oxygen atoms in total. The number of unbranched alkanes of at least 4 members (excludes halogenated alkanes) is 1. The molecule has 0 aromatic heterocycles. The van der Waals surface area contributed by atoms with Gasteiger partial charge in [-0.05, 0) is 65.8 Å². The van der Waals surface area contributed by atoms with E-state index >= 15 is 0 Å². The van der Waals surface area contributed by atoms with Crippen LogP contribution in [0.5, 0.6) is 5.75 Å². The third-order valence-corrected chi connectivity index (χ3v) is 6.71. The highest BCUT2D eigenvalue weighted by Gasteiger charge is 2.46. The monoisotopic (exact) mass is 418 g/mol. The summed E-state index contributed by atoms with van der Waals surface area (Å²) in [5.74, 6) is 0.942. The summed E-state index contributed by atoms with van der Waals surface area (Å²) < 4.78 is 5.98. The lowest BCUT2D eigenvalue weighted by molar-refractivity contribution is 0.309. The molecule has 0 heterocycles. The molecule has 32 heavy (non-hydrogen) atoms. The van der Waals surface area contributed by atoms with Gasteiger partial charge in [0.15, 0.2) is 0 Å². The van der Waals surface area contributed by atoms with Crippen LogP contribution in [0.25, 0.3) is 11.1 Å². The van der Waals surface area contributed by atoms with Crippen LogP contribution >= 0.6 is 0 Å². The van der Waals surface area contributed by atoms with Gasteiger partial charge in [0.1, 0.15) is 5.75 Å². The highest BCUT2D eigenvalue weighted by atomic mass is 16.5. The van der Waals surface area contributed by atoms with Crippen LogP contribution in [0.4, 0.5) is 0 Å². The lowest BCUT2D eigenvalue weighted by atomic mass is 9.67. The molecule has 0 N–H and O–H groups in total. The Labute approximate surface area is 191 Å². The van der Waals surface area contributed by atoms with Crippen LogP contribution in [0.1, 0.15) is 53.1 Å². The molecule has 5 rings (SSSR count).